The van der Waals surface area contributed by atoms with Gasteiger partial charge >= 0.3 is 12.0 Å². The largest absolute Gasteiger partial charge is 0.463 e. The van der Waals surface area contributed by atoms with E-state index in [-0.39, 0.29) is 12.6 Å². The molecule has 2 aromatic rings. The molecular formula is C18H22N6O3S. The van der Waals surface area contributed by atoms with Crippen molar-refractivity contribution in [2.45, 2.75) is 38.5 Å². The van der Waals surface area contributed by atoms with Gasteiger partial charge in [-0.05, 0) is 32.9 Å². The van der Waals surface area contributed by atoms with Gasteiger partial charge in [0.2, 0.25) is 0 Å². The smallest absolute Gasteiger partial charge is 0.337 e. The molecule has 10 heteroatoms. The number of carbonyl (C=O) groups excluding carboxylic acids is 2. The number of nitrogens with one attached hydrogen (secondary N) is 2. The van der Waals surface area contributed by atoms with E-state index >= 15 is 0 Å². The first-order valence-electron chi connectivity index (χ1n) is 8.99. The maximum absolute atomic E-state index is 12.3. The van der Waals surface area contributed by atoms with E-state index < -0.39 is 12.0 Å². The fourth-order valence-electron chi connectivity index (χ4n) is 2.93. The van der Waals surface area contributed by atoms with Gasteiger partial charge in [-0.3, -0.25) is 4.98 Å². The minimum atomic E-state index is -0.437. The molecule has 1 atom stereocenters. The van der Waals surface area contributed by atoms with Crippen molar-refractivity contribution in [3.8, 4) is 11.4 Å². The maximum Gasteiger partial charge on any atom is 0.337 e. The van der Waals surface area contributed by atoms with Gasteiger partial charge in [-0.2, -0.15) is 0 Å². The second-order valence-electron chi connectivity index (χ2n) is 6.01. The highest BCUT2D eigenvalue weighted by Gasteiger charge is 2.30. The predicted molar refractivity (Wildman–Crippen MR) is 104 cm³/mol. The molecule has 2 aromatic heterocycles. The van der Waals surface area contributed by atoms with E-state index in [2.05, 4.69) is 25.8 Å². The highest BCUT2D eigenvalue weighted by molar-refractivity contribution is 7.99. The second kappa shape index (κ2) is 8.87. The number of carbonyl (C=O) groups is 2. The lowest BCUT2D eigenvalue weighted by Crippen LogP contribution is -2.49. The lowest BCUT2D eigenvalue weighted by atomic mass is 10.1. The van der Waals surface area contributed by atoms with Crippen LogP contribution in [-0.4, -0.2) is 50.2 Å². The zero-order valence-electron chi connectivity index (χ0n) is 15.9. The molecule has 0 spiro atoms. The average Bonchev–Trinajstić information content (AvgIpc) is 3.09. The third-order valence-electron chi connectivity index (χ3n) is 4.18. The standard InChI is InChI=1S/C18H22N6O3S/c1-4-24-15(12-6-8-19-9-7-12)22-23-18(24)28-10-13-14(16(25)27-5-2)11(3)20-17(26)21-13/h6-9,11H,4-5,10H2,1-3H3,(H2,20,21,26)/t11-/m1/s1. The van der Waals surface area contributed by atoms with Gasteiger partial charge < -0.3 is 19.9 Å². The molecule has 9 nitrogen and oxygen atoms in total. The van der Waals surface area contributed by atoms with Gasteiger partial charge in [-0.1, -0.05) is 11.8 Å². The molecular weight excluding hydrogens is 380 g/mol. The van der Waals surface area contributed by atoms with E-state index in [4.69, 9.17) is 4.74 Å². The van der Waals surface area contributed by atoms with E-state index in [0.717, 1.165) is 11.4 Å². The van der Waals surface area contributed by atoms with Crippen LogP contribution >= 0.6 is 11.8 Å². The van der Waals surface area contributed by atoms with Crippen LogP contribution in [0, 0.1) is 0 Å². The van der Waals surface area contributed by atoms with E-state index in [0.29, 0.717) is 28.7 Å². The average molecular weight is 402 g/mol. The topological polar surface area (TPSA) is 111 Å². The second-order valence-corrected chi connectivity index (χ2v) is 6.95. The summed E-state index contributed by atoms with van der Waals surface area (Å²) < 4.78 is 7.12. The number of rotatable bonds is 7. The maximum atomic E-state index is 12.3. The molecule has 0 saturated heterocycles. The summed E-state index contributed by atoms with van der Waals surface area (Å²) >= 11 is 1.40. The van der Waals surface area contributed by atoms with E-state index in [1.165, 1.54) is 11.8 Å². The molecule has 3 heterocycles. The molecule has 1 aliphatic rings. The number of amides is 2. The number of nitrogens with zero attached hydrogens (tertiary/aromatic N) is 4. The van der Waals surface area contributed by atoms with Crippen LogP contribution in [0.4, 0.5) is 4.79 Å². The summed E-state index contributed by atoms with van der Waals surface area (Å²) in [5, 5.41) is 14.7. The summed E-state index contributed by atoms with van der Waals surface area (Å²) in [7, 11) is 0. The van der Waals surface area contributed by atoms with Gasteiger partial charge in [-0.25, -0.2) is 9.59 Å². The summed E-state index contributed by atoms with van der Waals surface area (Å²) in [5.41, 5.74) is 1.87. The Balaban J connectivity index is 1.85. The Bertz CT molecular complexity index is 896. The summed E-state index contributed by atoms with van der Waals surface area (Å²) in [6.45, 7) is 6.46. The molecule has 0 aliphatic carbocycles. The molecule has 2 N–H and O–H groups in total. The summed E-state index contributed by atoms with van der Waals surface area (Å²) in [4.78, 5) is 28.2. The Morgan fingerprint density at radius 1 is 1.29 bits per heavy atom. The van der Waals surface area contributed by atoms with Gasteiger partial charge in [0.1, 0.15) is 0 Å². The number of esters is 1. The minimum absolute atomic E-state index is 0.267. The zero-order valence-corrected chi connectivity index (χ0v) is 16.7. The van der Waals surface area contributed by atoms with Crippen LogP contribution in [0.25, 0.3) is 11.4 Å². The van der Waals surface area contributed by atoms with Gasteiger partial charge in [-0.15, -0.1) is 10.2 Å². The van der Waals surface area contributed by atoms with Crippen LogP contribution in [0.15, 0.2) is 41.0 Å². The van der Waals surface area contributed by atoms with Crippen LogP contribution < -0.4 is 10.6 Å². The van der Waals surface area contributed by atoms with E-state index in [9.17, 15) is 9.59 Å². The first kappa shape index (κ1) is 19.9. The van der Waals surface area contributed by atoms with Crippen molar-refractivity contribution in [2.24, 2.45) is 0 Å². The number of urea groups is 1. The zero-order chi connectivity index (χ0) is 20.1. The van der Waals surface area contributed by atoms with Crippen molar-refractivity contribution in [3.05, 3.63) is 35.8 Å². The molecule has 0 bridgehead atoms. The molecule has 1 aliphatic heterocycles. The Hall–Kier alpha value is -2.88. The van der Waals surface area contributed by atoms with Crippen molar-refractivity contribution >= 4 is 23.8 Å². The lowest BCUT2D eigenvalue weighted by Gasteiger charge is -2.26. The normalized spacial score (nSPS) is 16.5. The Kier molecular flexibility index (Phi) is 6.30. The SMILES string of the molecule is CCOC(=O)C1=C(CSc2nnc(-c3ccncc3)n2CC)NC(=O)N[C@@H]1C. The molecule has 0 fully saturated rings. The monoisotopic (exact) mass is 402 g/mol. The number of thioether (sulfide) groups is 1. The third-order valence-corrected chi connectivity index (χ3v) is 5.18. The summed E-state index contributed by atoms with van der Waals surface area (Å²) in [6, 6.07) is 2.98. The highest BCUT2D eigenvalue weighted by Crippen LogP contribution is 2.26. The van der Waals surface area contributed by atoms with Crippen LogP contribution in [-0.2, 0) is 16.1 Å². The van der Waals surface area contributed by atoms with Crippen LogP contribution in [0.3, 0.4) is 0 Å². The molecule has 0 radical (unpaired) electrons. The molecule has 28 heavy (non-hydrogen) atoms. The Morgan fingerprint density at radius 3 is 2.71 bits per heavy atom. The number of hydrogen-bond donors (Lipinski definition) is 2. The van der Waals surface area contributed by atoms with Gasteiger partial charge in [0.05, 0.1) is 18.2 Å². The van der Waals surface area contributed by atoms with Crippen LogP contribution in [0.5, 0.6) is 0 Å². The third kappa shape index (κ3) is 4.16. The van der Waals surface area contributed by atoms with Crippen molar-refractivity contribution in [1.29, 1.82) is 0 Å². The van der Waals surface area contributed by atoms with E-state index in [1.54, 1.807) is 26.2 Å². The number of aromatic nitrogens is 4. The van der Waals surface area contributed by atoms with Crippen molar-refractivity contribution < 1.29 is 14.3 Å². The highest BCUT2D eigenvalue weighted by atomic mass is 32.2. The molecule has 0 saturated carbocycles. The van der Waals surface area contributed by atoms with Crippen LogP contribution in [0.1, 0.15) is 20.8 Å². The minimum Gasteiger partial charge on any atom is -0.463 e. The lowest BCUT2D eigenvalue weighted by molar-refractivity contribution is -0.138. The summed E-state index contributed by atoms with van der Waals surface area (Å²) in [5.74, 6) is 0.669. The predicted octanol–water partition coefficient (Wildman–Crippen LogP) is 1.97. The fourth-order valence-corrected chi connectivity index (χ4v) is 3.90. The Morgan fingerprint density at radius 2 is 2.04 bits per heavy atom. The first-order valence-corrected chi connectivity index (χ1v) is 9.97. The van der Waals surface area contributed by atoms with Gasteiger partial charge in [0, 0.05) is 36.0 Å². The molecule has 0 unspecified atom stereocenters. The number of pyridine rings is 1. The van der Waals surface area contributed by atoms with Crippen molar-refractivity contribution in [3.63, 3.8) is 0 Å². The first-order chi connectivity index (χ1) is 13.5. The quantitative estimate of drug-likeness (QED) is 0.538. The van der Waals surface area contributed by atoms with E-state index in [1.807, 2.05) is 23.6 Å². The Labute approximate surface area is 167 Å². The fraction of sp³-hybridized carbons (Fsp3) is 0.389. The van der Waals surface area contributed by atoms with Crippen molar-refractivity contribution in [2.75, 3.05) is 12.4 Å². The number of hydrogen-bond acceptors (Lipinski definition) is 7. The van der Waals surface area contributed by atoms with Crippen LogP contribution in [0.2, 0.25) is 0 Å². The molecule has 2 amide bonds. The van der Waals surface area contributed by atoms with Gasteiger partial charge in [0.25, 0.3) is 0 Å². The van der Waals surface area contributed by atoms with Gasteiger partial charge in [0.15, 0.2) is 11.0 Å². The summed E-state index contributed by atoms with van der Waals surface area (Å²) in [6.07, 6.45) is 3.42. The van der Waals surface area contributed by atoms with Crippen molar-refractivity contribution in [1.82, 2.24) is 30.4 Å². The molecule has 148 valence electrons. The number of ether oxygens (including phenoxy) is 1. The molecule has 3 rings (SSSR count). The molecule has 0 aromatic carbocycles.